The molecule has 2 aromatic carbocycles. The van der Waals surface area contributed by atoms with Gasteiger partial charge in [-0.25, -0.2) is 0 Å². The number of benzene rings is 2. The molecule has 208 valence electrons. The summed E-state index contributed by atoms with van der Waals surface area (Å²) in [5.74, 6) is -1.07. The van der Waals surface area contributed by atoms with Crippen molar-refractivity contribution in [1.82, 2.24) is 15.5 Å². The molecule has 38 heavy (non-hydrogen) atoms. The minimum atomic E-state index is -5.05. The van der Waals surface area contributed by atoms with Crippen molar-refractivity contribution >= 4 is 11.8 Å². The van der Waals surface area contributed by atoms with Crippen LogP contribution in [0, 0.1) is 13.8 Å². The Balaban J connectivity index is 1.98. The molecule has 0 bridgehead atoms. The van der Waals surface area contributed by atoms with Crippen LogP contribution in [-0.2, 0) is 23.6 Å². The summed E-state index contributed by atoms with van der Waals surface area (Å²) in [5.41, 5.74) is -0.715. The highest BCUT2D eigenvalue weighted by atomic mass is 19.4. The number of amides is 2. The number of alkyl halides is 6. The molecule has 11 heteroatoms. The van der Waals surface area contributed by atoms with Gasteiger partial charge in [-0.1, -0.05) is 18.2 Å². The molecule has 2 aromatic rings. The van der Waals surface area contributed by atoms with Crippen LogP contribution in [0.3, 0.4) is 0 Å². The summed E-state index contributed by atoms with van der Waals surface area (Å²) in [6, 6.07) is 5.98. The number of halogens is 6. The zero-order valence-electron chi connectivity index (χ0n) is 21.4. The summed E-state index contributed by atoms with van der Waals surface area (Å²) < 4.78 is 80.6. The Morgan fingerprint density at radius 3 is 2.16 bits per heavy atom. The van der Waals surface area contributed by atoms with E-state index in [-0.39, 0.29) is 24.6 Å². The molecule has 2 atom stereocenters. The van der Waals surface area contributed by atoms with Crippen LogP contribution in [0.4, 0.5) is 26.3 Å². The van der Waals surface area contributed by atoms with E-state index in [0.717, 1.165) is 16.7 Å². The minimum absolute atomic E-state index is 0.0198. The molecular weight excluding hydrogens is 512 g/mol. The van der Waals surface area contributed by atoms with Gasteiger partial charge < -0.3 is 15.5 Å². The van der Waals surface area contributed by atoms with Gasteiger partial charge in [0, 0.05) is 38.2 Å². The maximum Gasteiger partial charge on any atom is 0.416 e. The number of carbonyl (C=O) groups excluding carboxylic acids is 2. The predicted molar refractivity (Wildman–Crippen MR) is 131 cm³/mol. The molecule has 1 heterocycles. The summed E-state index contributed by atoms with van der Waals surface area (Å²) in [6.07, 6.45) is -8.63. The van der Waals surface area contributed by atoms with Crippen molar-refractivity contribution in [2.45, 2.75) is 64.5 Å². The summed E-state index contributed by atoms with van der Waals surface area (Å²) >= 11 is 0. The molecule has 0 radical (unpaired) electrons. The molecule has 1 saturated heterocycles. The predicted octanol–water partition coefficient (Wildman–Crippen LogP) is 5.28. The highest BCUT2D eigenvalue weighted by Gasteiger charge is 2.40. The van der Waals surface area contributed by atoms with Crippen molar-refractivity contribution < 1.29 is 35.9 Å². The first-order valence-electron chi connectivity index (χ1n) is 12.3. The maximum atomic E-state index is 13.6. The first kappa shape index (κ1) is 29.5. The van der Waals surface area contributed by atoms with Crippen LogP contribution in [-0.4, -0.2) is 48.4 Å². The molecule has 0 aromatic heterocycles. The molecule has 1 aliphatic rings. The zero-order chi connectivity index (χ0) is 28.3. The van der Waals surface area contributed by atoms with Gasteiger partial charge in [0.2, 0.25) is 5.91 Å². The number of piperazine rings is 1. The fourth-order valence-electron chi connectivity index (χ4n) is 4.69. The standard InChI is InChI=1S/C27H31F6N3O2/c1-16-6-7-19(11-17(16)2)12-24-23(5-4-8-34-18(3)37)35-9-10-36(24)25(38)20-13-21(26(28,29)30)15-22(14-20)27(31,32)33/h6-7,11,13-15,23-24,35H,4-5,8-10,12H2,1-3H3,(H,34,37). The number of nitrogens with zero attached hydrogens (tertiary/aromatic N) is 1. The maximum absolute atomic E-state index is 13.6. The van der Waals surface area contributed by atoms with Crippen LogP contribution in [0.25, 0.3) is 0 Å². The molecule has 2 amide bonds. The second-order valence-electron chi connectivity index (χ2n) is 9.67. The number of rotatable bonds is 7. The molecule has 1 aliphatic heterocycles. The summed E-state index contributed by atoms with van der Waals surface area (Å²) in [6.45, 7) is 6.13. The summed E-state index contributed by atoms with van der Waals surface area (Å²) in [4.78, 5) is 26.1. The van der Waals surface area contributed by atoms with Gasteiger partial charge in [0.15, 0.2) is 0 Å². The third-order valence-corrected chi connectivity index (χ3v) is 6.80. The monoisotopic (exact) mass is 543 g/mol. The van der Waals surface area contributed by atoms with E-state index >= 15 is 0 Å². The van der Waals surface area contributed by atoms with Gasteiger partial charge in [-0.05, 0) is 68.0 Å². The van der Waals surface area contributed by atoms with Crippen molar-refractivity contribution in [3.05, 3.63) is 69.8 Å². The largest absolute Gasteiger partial charge is 0.416 e. The third-order valence-electron chi connectivity index (χ3n) is 6.80. The number of nitrogens with one attached hydrogen (secondary N) is 2. The normalized spacial score (nSPS) is 18.4. The Hall–Kier alpha value is -3.08. The second kappa shape index (κ2) is 11.8. The van der Waals surface area contributed by atoms with Crippen LogP contribution in [0.15, 0.2) is 36.4 Å². The number of carbonyl (C=O) groups is 2. The zero-order valence-corrected chi connectivity index (χ0v) is 21.4. The first-order valence-corrected chi connectivity index (χ1v) is 12.3. The lowest BCUT2D eigenvalue weighted by Crippen LogP contribution is -2.60. The lowest BCUT2D eigenvalue weighted by molar-refractivity contribution is -0.143. The molecule has 0 aliphatic carbocycles. The fourth-order valence-corrected chi connectivity index (χ4v) is 4.69. The van der Waals surface area contributed by atoms with E-state index in [1.165, 1.54) is 11.8 Å². The highest BCUT2D eigenvalue weighted by Crippen LogP contribution is 2.37. The molecule has 2 unspecified atom stereocenters. The Morgan fingerprint density at radius 2 is 1.61 bits per heavy atom. The topological polar surface area (TPSA) is 61.4 Å². The van der Waals surface area contributed by atoms with Gasteiger partial charge in [0.25, 0.3) is 5.91 Å². The highest BCUT2D eigenvalue weighted by molar-refractivity contribution is 5.95. The second-order valence-corrected chi connectivity index (χ2v) is 9.67. The molecule has 2 N–H and O–H groups in total. The van der Waals surface area contributed by atoms with Crippen LogP contribution < -0.4 is 10.6 Å². The van der Waals surface area contributed by atoms with E-state index in [1.54, 1.807) is 0 Å². The van der Waals surface area contributed by atoms with Gasteiger partial charge in [-0.2, -0.15) is 26.3 Å². The van der Waals surface area contributed by atoms with Gasteiger partial charge in [0.1, 0.15) is 0 Å². The molecule has 0 saturated carbocycles. The Bertz CT molecular complexity index is 1130. The SMILES string of the molecule is CC(=O)NCCCC1NCCN(C(=O)c2cc(C(F)(F)F)cc(C(F)(F)F)c2)C1Cc1ccc(C)c(C)c1. The summed E-state index contributed by atoms with van der Waals surface area (Å²) in [5, 5.41) is 6.05. The van der Waals surface area contributed by atoms with Crippen molar-refractivity contribution in [3.63, 3.8) is 0 Å². The fraction of sp³-hybridized carbons (Fsp3) is 0.481. The van der Waals surface area contributed by atoms with Crippen molar-refractivity contribution in [3.8, 4) is 0 Å². The number of hydrogen-bond donors (Lipinski definition) is 2. The third kappa shape index (κ3) is 7.49. The average molecular weight is 544 g/mol. The Kier molecular flexibility index (Phi) is 9.12. The quantitative estimate of drug-likeness (QED) is 0.369. The lowest BCUT2D eigenvalue weighted by Gasteiger charge is -2.42. The van der Waals surface area contributed by atoms with Gasteiger partial charge in [-0.15, -0.1) is 0 Å². The molecule has 1 fully saturated rings. The summed E-state index contributed by atoms with van der Waals surface area (Å²) in [7, 11) is 0. The first-order chi connectivity index (χ1) is 17.7. The van der Waals surface area contributed by atoms with Crippen LogP contribution in [0.5, 0.6) is 0 Å². The van der Waals surface area contributed by atoms with E-state index in [0.29, 0.717) is 44.5 Å². The smallest absolute Gasteiger partial charge is 0.356 e. The van der Waals surface area contributed by atoms with E-state index in [2.05, 4.69) is 10.6 Å². The molecule has 5 nitrogen and oxygen atoms in total. The minimum Gasteiger partial charge on any atom is -0.356 e. The lowest BCUT2D eigenvalue weighted by atomic mass is 9.90. The molecule has 0 spiro atoms. The van der Waals surface area contributed by atoms with Crippen molar-refractivity contribution in [2.75, 3.05) is 19.6 Å². The Labute approximate surface area is 217 Å². The van der Waals surface area contributed by atoms with E-state index in [1.807, 2.05) is 32.0 Å². The van der Waals surface area contributed by atoms with Crippen molar-refractivity contribution in [1.29, 1.82) is 0 Å². The molecule has 3 rings (SSSR count). The number of hydrogen-bond acceptors (Lipinski definition) is 3. The van der Waals surface area contributed by atoms with E-state index in [9.17, 15) is 35.9 Å². The van der Waals surface area contributed by atoms with Gasteiger partial charge in [0.05, 0.1) is 17.2 Å². The molecular formula is C27H31F6N3O2. The number of aryl methyl sites for hydroxylation is 2. The van der Waals surface area contributed by atoms with Crippen molar-refractivity contribution in [2.24, 2.45) is 0 Å². The van der Waals surface area contributed by atoms with Gasteiger partial charge in [-0.3, -0.25) is 9.59 Å². The Morgan fingerprint density at radius 1 is 0.974 bits per heavy atom. The van der Waals surface area contributed by atoms with E-state index in [4.69, 9.17) is 0 Å². The van der Waals surface area contributed by atoms with Crippen LogP contribution in [0.2, 0.25) is 0 Å². The van der Waals surface area contributed by atoms with Gasteiger partial charge >= 0.3 is 12.4 Å². The average Bonchev–Trinajstić information content (AvgIpc) is 2.83. The van der Waals surface area contributed by atoms with Crippen LogP contribution >= 0.6 is 0 Å². The van der Waals surface area contributed by atoms with Crippen LogP contribution in [0.1, 0.15) is 57.9 Å². The van der Waals surface area contributed by atoms with E-state index < -0.39 is 41.0 Å².